The van der Waals surface area contributed by atoms with Crippen LogP contribution in [0, 0.1) is 5.82 Å². The summed E-state index contributed by atoms with van der Waals surface area (Å²) in [6.45, 7) is 3.52. The van der Waals surface area contributed by atoms with E-state index in [1.807, 2.05) is 24.3 Å². The van der Waals surface area contributed by atoms with Crippen LogP contribution in [-0.2, 0) is 6.54 Å². The first-order valence-electron chi connectivity index (χ1n) is 7.11. The molecule has 2 aromatic rings. The van der Waals surface area contributed by atoms with E-state index in [4.69, 9.17) is 4.74 Å². The zero-order valence-corrected chi connectivity index (χ0v) is 12.3. The third-order valence-electron chi connectivity index (χ3n) is 3.94. The van der Waals surface area contributed by atoms with E-state index in [9.17, 15) is 4.39 Å². The average molecular weight is 286 g/mol. The van der Waals surface area contributed by atoms with Gasteiger partial charge < -0.3 is 15.0 Å². The molecule has 0 bridgehead atoms. The highest BCUT2D eigenvalue weighted by molar-refractivity contribution is 5.72. The molecule has 4 heteroatoms. The summed E-state index contributed by atoms with van der Waals surface area (Å²) in [6.07, 6.45) is 0. The van der Waals surface area contributed by atoms with Gasteiger partial charge in [-0.1, -0.05) is 24.3 Å². The maximum atomic E-state index is 14.4. The number of hydrogen-bond acceptors (Lipinski definition) is 3. The lowest BCUT2D eigenvalue weighted by Crippen LogP contribution is -2.41. The van der Waals surface area contributed by atoms with Gasteiger partial charge in [0.1, 0.15) is 0 Å². The van der Waals surface area contributed by atoms with Crippen LogP contribution in [-0.4, -0.2) is 19.7 Å². The first kappa shape index (κ1) is 13.7. The van der Waals surface area contributed by atoms with Gasteiger partial charge in [0.05, 0.1) is 18.5 Å². The molecule has 1 aliphatic heterocycles. The lowest BCUT2D eigenvalue weighted by atomic mass is 10.1. The van der Waals surface area contributed by atoms with Gasteiger partial charge in [0.25, 0.3) is 0 Å². The fraction of sp³-hybridized carbons (Fsp3) is 0.294. The Bertz CT molecular complexity index is 644. The predicted molar refractivity (Wildman–Crippen MR) is 83.5 cm³/mol. The van der Waals surface area contributed by atoms with Gasteiger partial charge in [-0.25, -0.2) is 4.39 Å². The number of nitrogens with zero attached hydrogens (tertiary/aromatic N) is 1. The van der Waals surface area contributed by atoms with E-state index in [0.717, 1.165) is 17.9 Å². The molecule has 110 valence electrons. The molecule has 1 heterocycles. The molecule has 1 aliphatic rings. The standard InChI is InChI=1S/C17H19FN2O/c1-12-10-19-14-7-3-4-8-15(14)20(12)11-13-6-5-9-16(21-2)17(13)18/h3-9,12,19H,10-11H2,1-2H3. The Morgan fingerprint density at radius 2 is 2.05 bits per heavy atom. The van der Waals surface area contributed by atoms with Crippen LogP contribution in [0.1, 0.15) is 12.5 Å². The molecule has 0 fully saturated rings. The van der Waals surface area contributed by atoms with Gasteiger partial charge in [-0.2, -0.15) is 0 Å². The number of hydrogen-bond donors (Lipinski definition) is 1. The largest absolute Gasteiger partial charge is 0.494 e. The third kappa shape index (κ3) is 2.53. The van der Waals surface area contributed by atoms with Gasteiger partial charge >= 0.3 is 0 Å². The van der Waals surface area contributed by atoms with Crippen molar-refractivity contribution in [1.29, 1.82) is 0 Å². The number of fused-ring (bicyclic) bond motifs is 1. The van der Waals surface area contributed by atoms with Gasteiger partial charge in [-0.05, 0) is 25.1 Å². The second-order valence-corrected chi connectivity index (χ2v) is 5.31. The predicted octanol–water partition coefficient (Wildman–Crippen LogP) is 3.65. The Hall–Kier alpha value is -2.23. The van der Waals surface area contributed by atoms with Crippen molar-refractivity contribution in [2.75, 3.05) is 23.9 Å². The third-order valence-corrected chi connectivity index (χ3v) is 3.94. The van der Waals surface area contributed by atoms with Crippen molar-refractivity contribution in [2.24, 2.45) is 0 Å². The van der Waals surface area contributed by atoms with E-state index in [1.54, 1.807) is 6.07 Å². The molecule has 3 nitrogen and oxygen atoms in total. The maximum Gasteiger partial charge on any atom is 0.170 e. The molecule has 0 spiro atoms. The van der Waals surface area contributed by atoms with Crippen LogP contribution in [0.3, 0.4) is 0 Å². The van der Waals surface area contributed by atoms with Gasteiger partial charge in [0.2, 0.25) is 0 Å². The minimum atomic E-state index is -0.275. The molecular formula is C17H19FN2O. The summed E-state index contributed by atoms with van der Waals surface area (Å²) in [5.41, 5.74) is 2.86. The van der Waals surface area contributed by atoms with Crippen molar-refractivity contribution in [3.05, 3.63) is 53.8 Å². The smallest absolute Gasteiger partial charge is 0.170 e. The number of nitrogens with one attached hydrogen (secondary N) is 1. The Morgan fingerprint density at radius 3 is 2.86 bits per heavy atom. The lowest BCUT2D eigenvalue weighted by Gasteiger charge is -2.37. The summed E-state index contributed by atoms with van der Waals surface area (Å²) in [4.78, 5) is 2.23. The minimum Gasteiger partial charge on any atom is -0.494 e. The molecule has 1 N–H and O–H groups in total. The Balaban J connectivity index is 1.94. The topological polar surface area (TPSA) is 24.5 Å². The van der Waals surface area contributed by atoms with Gasteiger partial charge in [0, 0.05) is 24.7 Å². The van der Waals surface area contributed by atoms with E-state index >= 15 is 0 Å². The van der Waals surface area contributed by atoms with Crippen LogP contribution in [0.25, 0.3) is 0 Å². The van der Waals surface area contributed by atoms with Gasteiger partial charge in [0.15, 0.2) is 11.6 Å². The quantitative estimate of drug-likeness (QED) is 0.932. The number of anilines is 2. The van der Waals surface area contributed by atoms with Crippen molar-refractivity contribution in [2.45, 2.75) is 19.5 Å². The molecule has 2 aromatic carbocycles. The second-order valence-electron chi connectivity index (χ2n) is 5.31. The normalized spacial score (nSPS) is 17.1. The van der Waals surface area contributed by atoms with E-state index in [0.29, 0.717) is 23.9 Å². The molecule has 0 radical (unpaired) electrons. The number of benzene rings is 2. The van der Waals surface area contributed by atoms with E-state index < -0.39 is 0 Å². The van der Waals surface area contributed by atoms with Crippen molar-refractivity contribution in [1.82, 2.24) is 0 Å². The highest BCUT2D eigenvalue weighted by Gasteiger charge is 2.23. The lowest BCUT2D eigenvalue weighted by molar-refractivity contribution is 0.383. The number of para-hydroxylation sites is 2. The van der Waals surface area contributed by atoms with Crippen LogP contribution in [0.2, 0.25) is 0 Å². The van der Waals surface area contributed by atoms with Crippen LogP contribution >= 0.6 is 0 Å². The van der Waals surface area contributed by atoms with Crippen LogP contribution in [0.4, 0.5) is 15.8 Å². The fourth-order valence-electron chi connectivity index (χ4n) is 2.74. The van der Waals surface area contributed by atoms with Crippen LogP contribution < -0.4 is 15.0 Å². The van der Waals surface area contributed by atoms with Crippen molar-refractivity contribution in [3.63, 3.8) is 0 Å². The zero-order valence-electron chi connectivity index (χ0n) is 12.3. The SMILES string of the molecule is COc1cccc(CN2c3ccccc3NCC2C)c1F. The summed E-state index contributed by atoms with van der Waals surface area (Å²) >= 11 is 0. The molecule has 0 aliphatic carbocycles. The van der Waals surface area contributed by atoms with E-state index in [1.165, 1.54) is 7.11 Å². The first-order chi connectivity index (χ1) is 10.2. The number of rotatable bonds is 3. The summed E-state index contributed by atoms with van der Waals surface area (Å²) in [7, 11) is 1.49. The summed E-state index contributed by atoms with van der Waals surface area (Å²) in [6, 6.07) is 13.7. The number of halogens is 1. The molecular weight excluding hydrogens is 267 g/mol. The van der Waals surface area contributed by atoms with Gasteiger partial charge in [-0.15, -0.1) is 0 Å². The summed E-state index contributed by atoms with van der Waals surface area (Å²) in [5, 5.41) is 3.41. The van der Waals surface area contributed by atoms with Crippen LogP contribution in [0.5, 0.6) is 5.75 Å². The zero-order chi connectivity index (χ0) is 14.8. The monoisotopic (exact) mass is 286 g/mol. The molecule has 0 saturated carbocycles. The summed E-state index contributed by atoms with van der Waals surface area (Å²) in [5.74, 6) is 0.0202. The van der Waals surface area contributed by atoms with Gasteiger partial charge in [-0.3, -0.25) is 0 Å². The molecule has 0 saturated heterocycles. The fourth-order valence-corrected chi connectivity index (χ4v) is 2.74. The Labute approximate surface area is 124 Å². The molecule has 1 atom stereocenters. The van der Waals surface area contributed by atoms with E-state index in [2.05, 4.69) is 29.3 Å². The first-order valence-corrected chi connectivity index (χ1v) is 7.11. The maximum absolute atomic E-state index is 14.4. The number of methoxy groups -OCH3 is 1. The highest BCUT2D eigenvalue weighted by Crippen LogP contribution is 2.33. The van der Waals surface area contributed by atoms with Crippen LogP contribution in [0.15, 0.2) is 42.5 Å². The van der Waals surface area contributed by atoms with Crippen molar-refractivity contribution >= 4 is 11.4 Å². The molecule has 21 heavy (non-hydrogen) atoms. The van der Waals surface area contributed by atoms with Crippen molar-refractivity contribution < 1.29 is 9.13 Å². The van der Waals surface area contributed by atoms with E-state index in [-0.39, 0.29) is 5.82 Å². The molecule has 3 rings (SSSR count). The summed E-state index contributed by atoms with van der Waals surface area (Å²) < 4.78 is 19.4. The number of ether oxygens (including phenoxy) is 1. The second kappa shape index (κ2) is 5.64. The minimum absolute atomic E-state index is 0.275. The highest BCUT2D eigenvalue weighted by atomic mass is 19.1. The molecule has 0 aromatic heterocycles. The molecule has 0 amide bonds. The molecule has 1 unspecified atom stereocenters. The Kier molecular flexibility index (Phi) is 3.69. The van der Waals surface area contributed by atoms with Crippen molar-refractivity contribution in [3.8, 4) is 5.75 Å². The average Bonchev–Trinajstić information content (AvgIpc) is 2.52. The Morgan fingerprint density at radius 1 is 1.24 bits per heavy atom.